The molecular formula is C15H24N4O4. The molecule has 0 aliphatic carbocycles. The summed E-state index contributed by atoms with van der Waals surface area (Å²) in [6.45, 7) is 6.51. The van der Waals surface area contributed by atoms with Crippen molar-refractivity contribution in [1.82, 2.24) is 20.2 Å². The van der Waals surface area contributed by atoms with Crippen LogP contribution in [0, 0.1) is 0 Å². The van der Waals surface area contributed by atoms with E-state index in [1.54, 1.807) is 27.0 Å². The van der Waals surface area contributed by atoms with Crippen molar-refractivity contribution >= 4 is 12.1 Å². The van der Waals surface area contributed by atoms with Crippen molar-refractivity contribution in [2.75, 3.05) is 13.1 Å². The monoisotopic (exact) mass is 324 g/mol. The molecule has 0 radical (unpaired) electrons. The number of amides is 1. The molecule has 2 heterocycles. The number of H-pyrrole nitrogens is 1. The van der Waals surface area contributed by atoms with E-state index in [4.69, 9.17) is 4.74 Å². The highest BCUT2D eigenvalue weighted by atomic mass is 16.6. The molecule has 0 spiro atoms. The minimum atomic E-state index is -0.883. The second-order valence-electron chi connectivity index (χ2n) is 6.75. The number of rotatable bonds is 5. The zero-order valence-electron chi connectivity index (χ0n) is 13.7. The van der Waals surface area contributed by atoms with Crippen LogP contribution in [0.25, 0.3) is 0 Å². The van der Waals surface area contributed by atoms with Crippen LogP contribution < -0.4 is 5.32 Å². The van der Waals surface area contributed by atoms with Crippen molar-refractivity contribution in [1.29, 1.82) is 0 Å². The minimum Gasteiger partial charge on any atom is -0.480 e. The first-order valence-electron chi connectivity index (χ1n) is 7.68. The third-order valence-electron chi connectivity index (χ3n) is 3.62. The molecule has 8 nitrogen and oxygen atoms in total. The lowest BCUT2D eigenvalue weighted by Gasteiger charge is -2.24. The van der Waals surface area contributed by atoms with Crippen LogP contribution >= 0.6 is 0 Å². The second-order valence-corrected chi connectivity index (χ2v) is 6.75. The Morgan fingerprint density at radius 3 is 2.87 bits per heavy atom. The van der Waals surface area contributed by atoms with Crippen LogP contribution in [0.4, 0.5) is 4.79 Å². The topological polar surface area (TPSA) is 108 Å². The highest BCUT2D eigenvalue weighted by Crippen LogP contribution is 2.17. The summed E-state index contributed by atoms with van der Waals surface area (Å²) in [5.74, 6) is -0.883. The Morgan fingerprint density at radius 1 is 1.57 bits per heavy atom. The number of aromatic nitrogens is 2. The Morgan fingerprint density at radius 2 is 2.30 bits per heavy atom. The van der Waals surface area contributed by atoms with E-state index in [9.17, 15) is 14.7 Å². The fourth-order valence-corrected chi connectivity index (χ4v) is 2.64. The standard InChI is InChI=1S/C15H24N4O4/c1-15(2,3)23-14(22)18-10-4-5-19(8-10)12(13(20)21)6-11-7-16-9-17-11/h7,9-10,12H,4-6,8H2,1-3H3,(H,16,17)(H,18,22)(H,20,21)/t10-,12?/m0/s1. The van der Waals surface area contributed by atoms with Crippen LogP contribution in [0.5, 0.6) is 0 Å². The molecule has 0 bridgehead atoms. The molecule has 1 saturated heterocycles. The highest BCUT2D eigenvalue weighted by molar-refractivity contribution is 5.74. The first kappa shape index (κ1) is 17.3. The first-order valence-corrected chi connectivity index (χ1v) is 7.68. The fraction of sp³-hybridized carbons (Fsp3) is 0.667. The number of carbonyl (C=O) groups excluding carboxylic acids is 1. The number of ether oxygens (including phenoxy) is 1. The second kappa shape index (κ2) is 6.99. The zero-order valence-corrected chi connectivity index (χ0v) is 13.7. The van der Waals surface area contributed by atoms with Crippen LogP contribution in [0.1, 0.15) is 32.9 Å². The van der Waals surface area contributed by atoms with Crippen LogP contribution in [-0.4, -0.2) is 62.8 Å². The van der Waals surface area contributed by atoms with Gasteiger partial charge in [-0.3, -0.25) is 9.69 Å². The Labute approximate surface area is 135 Å². The number of carboxylic acids is 1. The summed E-state index contributed by atoms with van der Waals surface area (Å²) < 4.78 is 5.23. The number of hydrogen-bond acceptors (Lipinski definition) is 5. The summed E-state index contributed by atoms with van der Waals surface area (Å²) in [6.07, 6.45) is 3.79. The molecule has 1 aromatic rings. The lowest BCUT2D eigenvalue weighted by atomic mass is 10.1. The third-order valence-corrected chi connectivity index (χ3v) is 3.62. The van der Waals surface area contributed by atoms with Gasteiger partial charge in [-0.15, -0.1) is 0 Å². The van der Waals surface area contributed by atoms with Gasteiger partial charge in [0.05, 0.1) is 12.0 Å². The molecule has 0 aromatic carbocycles. The smallest absolute Gasteiger partial charge is 0.407 e. The minimum absolute atomic E-state index is 0.106. The summed E-state index contributed by atoms with van der Waals surface area (Å²) in [5.41, 5.74) is 0.160. The Hall–Kier alpha value is -2.09. The molecule has 1 aliphatic heterocycles. The van der Waals surface area contributed by atoms with Gasteiger partial charge >= 0.3 is 12.1 Å². The van der Waals surface area contributed by atoms with Gasteiger partial charge in [-0.25, -0.2) is 9.78 Å². The van der Waals surface area contributed by atoms with E-state index >= 15 is 0 Å². The molecule has 0 saturated carbocycles. The van der Waals surface area contributed by atoms with Gasteiger partial charge in [-0.1, -0.05) is 0 Å². The van der Waals surface area contributed by atoms with Gasteiger partial charge in [0.2, 0.25) is 0 Å². The third kappa shape index (κ3) is 5.24. The molecular weight excluding hydrogens is 300 g/mol. The van der Waals surface area contributed by atoms with Gasteiger partial charge in [-0.2, -0.15) is 0 Å². The quantitative estimate of drug-likeness (QED) is 0.746. The number of carbonyl (C=O) groups is 2. The van der Waals surface area contributed by atoms with Crippen molar-refractivity contribution in [3.63, 3.8) is 0 Å². The Kier molecular flexibility index (Phi) is 5.25. The maximum absolute atomic E-state index is 11.8. The van der Waals surface area contributed by atoms with Crippen molar-refractivity contribution in [3.8, 4) is 0 Å². The average molecular weight is 324 g/mol. The Bertz CT molecular complexity index is 538. The maximum atomic E-state index is 11.8. The maximum Gasteiger partial charge on any atom is 0.407 e. The number of hydrogen-bond donors (Lipinski definition) is 3. The van der Waals surface area contributed by atoms with Gasteiger partial charge in [0.25, 0.3) is 0 Å². The van der Waals surface area contributed by atoms with E-state index in [1.807, 2.05) is 4.90 Å². The largest absolute Gasteiger partial charge is 0.480 e. The number of nitrogens with one attached hydrogen (secondary N) is 2. The van der Waals surface area contributed by atoms with E-state index < -0.39 is 23.7 Å². The fourth-order valence-electron chi connectivity index (χ4n) is 2.64. The van der Waals surface area contributed by atoms with E-state index in [1.165, 1.54) is 6.33 Å². The van der Waals surface area contributed by atoms with E-state index in [2.05, 4.69) is 15.3 Å². The Balaban J connectivity index is 1.89. The molecule has 1 unspecified atom stereocenters. The summed E-state index contributed by atoms with van der Waals surface area (Å²) in [7, 11) is 0. The molecule has 23 heavy (non-hydrogen) atoms. The molecule has 1 aliphatic rings. The first-order chi connectivity index (χ1) is 10.7. The van der Waals surface area contributed by atoms with Gasteiger partial charge in [-0.05, 0) is 27.2 Å². The summed E-state index contributed by atoms with van der Waals surface area (Å²) >= 11 is 0. The van der Waals surface area contributed by atoms with Crippen LogP contribution in [0.15, 0.2) is 12.5 Å². The van der Waals surface area contributed by atoms with Crippen LogP contribution in [0.2, 0.25) is 0 Å². The molecule has 2 atom stereocenters. The highest BCUT2D eigenvalue weighted by Gasteiger charge is 2.34. The normalized spacial score (nSPS) is 20.2. The summed E-state index contributed by atoms with van der Waals surface area (Å²) in [5, 5.41) is 12.3. The van der Waals surface area contributed by atoms with Crippen LogP contribution in [0.3, 0.4) is 0 Å². The average Bonchev–Trinajstić information content (AvgIpc) is 3.04. The SMILES string of the molecule is CC(C)(C)OC(=O)N[C@H]1CCN(C(Cc2c[nH]cn2)C(=O)O)C1. The van der Waals surface area contributed by atoms with Crippen molar-refractivity contribution in [2.24, 2.45) is 0 Å². The molecule has 1 amide bonds. The number of alkyl carbamates (subject to hydrolysis) is 1. The van der Waals surface area contributed by atoms with Gasteiger partial charge in [0, 0.05) is 31.7 Å². The van der Waals surface area contributed by atoms with E-state index in [0.717, 1.165) is 0 Å². The van der Waals surface area contributed by atoms with E-state index in [0.29, 0.717) is 31.6 Å². The van der Waals surface area contributed by atoms with Crippen LogP contribution in [-0.2, 0) is 16.0 Å². The van der Waals surface area contributed by atoms with Crippen molar-refractivity contribution in [3.05, 3.63) is 18.2 Å². The molecule has 1 fully saturated rings. The summed E-state index contributed by atoms with van der Waals surface area (Å²) in [4.78, 5) is 32.1. The predicted molar refractivity (Wildman–Crippen MR) is 83.1 cm³/mol. The number of likely N-dealkylation sites (tertiary alicyclic amines) is 1. The molecule has 2 rings (SSSR count). The van der Waals surface area contributed by atoms with Gasteiger partial charge in [0.15, 0.2) is 0 Å². The number of aliphatic carboxylic acids is 1. The lowest BCUT2D eigenvalue weighted by molar-refractivity contribution is -0.142. The van der Waals surface area contributed by atoms with Gasteiger partial charge < -0.3 is 20.1 Å². The summed E-state index contributed by atoms with van der Waals surface area (Å²) in [6, 6.07) is -0.755. The number of carboxylic acid groups (broad SMARTS) is 1. The lowest BCUT2D eigenvalue weighted by Crippen LogP contribution is -2.45. The van der Waals surface area contributed by atoms with Gasteiger partial charge in [0.1, 0.15) is 11.6 Å². The van der Waals surface area contributed by atoms with Crippen molar-refractivity contribution in [2.45, 2.75) is 51.3 Å². The molecule has 1 aromatic heterocycles. The van der Waals surface area contributed by atoms with E-state index in [-0.39, 0.29) is 6.04 Å². The molecule has 3 N–H and O–H groups in total. The molecule has 128 valence electrons. The zero-order chi connectivity index (χ0) is 17.0. The molecule has 8 heteroatoms. The number of aromatic amines is 1. The van der Waals surface area contributed by atoms with Crippen molar-refractivity contribution < 1.29 is 19.4 Å². The number of nitrogens with zero attached hydrogens (tertiary/aromatic N) is 2. The predicted octanol–water partition coefficient (Wildman–Crippen LogP) is 1.00. The number of imidazole rings is 1.